The van der Waals surface area contributed by atoms with Gasteiger partial charge in [-0.15, -0.1) is 11.3 Å². The fourth-order valence-electron chi connectivity index (χ4n) is 4.83. The number of para-hydroxylation sites is 1. The number of halogens is 3. The minimum absolute atomic E-state index is 0.232. The van der Waals surface area contributed by atoms with Gasteiger partial charge in [-0.3, -0.25) is 14.9 Å². The number of sulfone groups is 1. The maximum atomic E-state index is 13.3. The SMILES string of the molecule is Nc1ccc(S(=O)(=O)NC(=O)c2csc(N3CCc4cccc(C(=O)Nc5nc6ccccc6s5)c4C3)n2)cc1S(=O)(=O)C(F)(F)F. The third-order valence-corrected chi connectivity index (χ3v) is 11.9. The van der Waals surface area contributed by atoms with Crippen LogP contribution in [-0.4, -0.2) is 50.7 Å². The Bertz CT molecular complexity index is 2250. The molecule has 5 aromatic rings. The maximum Gasteiger partial charge on any atom is 0.501 e. The van der Waals surface area contributed by atoms with Crippen molar-refractivity contribution in [2.24, 2.45) is 0 Å². The quantitative estimate of drug-likeness (QED) is 0.202. The maximum absolute atomic E-state index is 13.3. The zero-order chi connectivity index (χ0) is 33.7. The van der Waals surface area contributed by atoms with E-state index in [0.717, 1.165) is 38.7 Å². The second-order valence-corrected chi connectivity index (χ2v) is 15.6. The summed E-state index contributed by atoms with van der Waals surface area (Å²) in [5.41, 5.74) is 1.42. The molecule has 2 amide bonds. The van der Waals surface area contributed by atoms with Crippen LogP contribution in [0, 0.1) is 0 Å². The fraction of sp³-hybridized carbons (Fsp3) is 0.143. The molecule has 47 heavy (non-hydrogen) atoms. The van der Waals surface area contributed by atoms with Crippen molar-refractivity contribution in [3.8, 4) is 0 Å². The van der Waals surface area contributed by atoms with Crippen LogP contribution >= 0.6 is 22.7 Å². The Balaban J connectivity index is 1.18. The number of carbonyl (C=O) groups excluding carboxylic acids is 2. The van der Waals surface area contributed by atoms with Crippen LogP contribution in [0.25, 0.3) is 10.2 Å². The standard InChI is InChI=1S/C28H21F3N6O6S4/c29-28(30,31)46(40,41)23-12-16(8-9-19(23)32)47(42,43)36-25(39)21-14-44-27(34-21)37-11-10-15-4-3-5-17(18(15)13-37)24(38)35-26-33-20-6-1-2-7-22(20)45-26/h1-9,12,14H,10-11,13,32H2,(H,36,39)(H,33,35,38). The summed E-state index contributed by atoms with van der Waals surface area (Å²) in [5.74, 6) is -1.54. The number of benzene rings is 3. The fourth-order valence-corrected chi connectivity index (χ4v) is 8.50. The van der Waals surface area contributed by atoms with Gasteiger partial charge >= 0.3 is 5.51 Å². The highest BCUT2D eigenvalue weighted by Crippen LogP contribution is 2.35. The number of aromatic nitrogens is 2. The van der Waals surface area contributed by atoms with Crippen molar-refractivity contribution < 1.29 is 39.6 Å². The normalized spacial score (nSPS) is 13.7. The van der Waals surface area contributed by atoms with Crippen LogP contribution in [0.1, 0.15) is 32.0 Å². The van der Waals surface area contributed by atoms with Crippen LogP contribution in [0.15, 0.2) is 75.8 Å². The molecule has 0 atom stereocenters. The summed E-state index contributed by atoms with van der Waals surface area (Å²) < 4.78 is 91.4. The molecule has 0 fully saturated rings. The van der Waals surface area contributed by atoms with Crippen LogP contribution in [0.3, 0.4) is 0 Å². The van der Waals surface area contributed by atoms with Gasteiger partial charge in [0.1, 0.15) is 10.6 Å². The number of nitrogens with zero attached hydrogens (tertiary/aromatic N) is 3. The molecular formula is C28H21F3N6O6S4. The van der Waals surface area contributed by atoms with Gasteiger partial charge in [0.05, 0.1) is 20.8 Å². The van der Waals surface area contributed by atoms with E-state index in [0.29, 0.717) is 34.9 Å². The molecule has 0 saturated heterocycles. The zero-order valence-corrected chi connectivity index (χ0v) is 26.9. The van der Waals surface area contributed by atoms with Gasteiger partial charge in [0.15, 0.2) is 10.3 Å². The molecule has 1 aliphatic heterocycles. The lowest BCUT2D eigenvalue weighted by Crippen LogP contribution is -2.33. The average molecular weight is 723 g/mol. The van der Waals surface area contributed by atoms with Gasteiger partial charge in [0.2, 0.25) is 0 Å². The molecule has 0 spiro atoms. The second-order valence-electron chi connectivity index (χ2n) is 10.2. The molecule has 2 aromatic heterocycles. The van der Waals surface area contributed by atoms with Crippen LogP contribution < -0.4 is 20.7 Å². The largest absolute Gasteiger partial charge is 0.501 e. The lowest BCUT2D eigenvalue weighted by Gasteiger charge is -2.29. The number of hydrogen-bond donors (Lipinski definition) is 3. The minimum atomic E-state index is -5.98. The number of carbonyl (C=O) groups is 2. The number of nitrogen functional groups attached to an aromatic ring is 1. The summed E-state index contributed by atoms with van der Waals surface area (Å²) in [6, 6.07) is 14.6. The van der Waals surface area contributed by atoms with E-state index < -0.39 is 46.8 Å². The summed E-state index contributed by atoms with van der Waals surface area (Å²) in [6.07, 6.45) is 0.549. The van der Waals surface area contributed by atoms with E-state index in [4.69, 9.17) is 5.73 Å². The summed E-state index contributed by atoms with van der Waals surface area (Å²) in [5, 5.41) is 4.96. The highest BCUT2D eigenvalue weighted by molar-refractivity contribution is 7.92. The molecule has 3 heterocycles. The molecule has 3 aromatic carbocycles. The summed E-state index contributed by atoms with van der Waals surface area (Å²) in [7, 11) is -10.8. The second kappa shape index (κ2) is 11.9. The van der Waals surface area contributed by atoms with Crippen molar-refractivity contribution in [1.82, 2.24) is 14.7 Å². The van der Waals surface area contributed by atoms with E-state index in [-0.39, 0.29) is 24.2 Å². The minimum Gasteiger partial charge on any atom is -0.398 e. The monoisotopic (exact) mass is 722 g/mol. The lowest BCUT2D eigenvalue weighted by atomic mass is 9.94. The topological polar surface area (TPSA) is 182 Å². The Morgan fingerprint density at radius 1 is 0.957 bits per heavy atom. The number of thiazole rings is 2. The van der Waals surface area contributed by atoms with Gasteiger partial charge in [-0.1, -0.05) is 35.6 Å². The van der Waals surface area contributed by atoms with Crippen LogP contribution in [0.5, 0.6) is 0 Å². The molecule has 1 aliphatic rings. The number of nitrogens with one attached hydrogen (secondary N) is 2. The number of alkyl halides is 3. The van der Waals surface area contributed by atoms with Gasteiger partial charge in [0, 0.05) is 24.0 Å². The molecule has 0 radical (unpaired) electrons. The highest BCUT2D eigenvalue weighted by atomic mass is 32.2. The number of rotatable bonds is 7. The number of anilines is 3. The molecule has 0 saturated carbocycles. The molecule has 19 heteroatoms. The summed E-state index contributed by atoms with van der Waals surface area (Å²) in [4.78, 5) is 34.3. The molecule has 12 nitrogen and oxygen atoms in total. The smallest absolute Gasteiger partial charge is 0.398 e. The average Bonchev–Trinajstić information content (AvgIpc) is 3.67. The number of amides is 2. The Morgan fingerprint density at radius 2 is 1.72 bits per heavy atom. The number of nitrogens with two attached hydrogens (primary N) is 1. The van der Waals surface area contributed by atoms with E-state index >= 15 is 0 Å². The summed E-state index contributed by atoms with van der Waals surface area (Å²) in [6.45, 7) is 0.734. The molecular weight excluding hydrogens is 702 g/mol. The van der Waals surface area contributed by atoms with Crippen molar-refractivity contribution in [2.45, 2.75) is 28.3 Å². The zero-order valence-electron chi connectivity index (χ0n) is 23.6. The lowest BCUT2D eigenvalue weighted by molar-refractivity contribution is -0.0435. The van der Waals surface area contributed by atoms with Crippen LogP contribution in [0.2, 0.25) is 0 Å². The van der Waals surface area contributed by atoms with Crippen molar-refractivity contribution in [1.29, 1.82) is 0 Å². The molecule has 6 rings (SSSR count). The molecule has 0 aliphatic carbocycles. The van der Waals surface area contributed by atoms with E-state index in [1.807, 2.05) is 35.2 Å². The van der Waals surface area contributed by atoms with E-state index in [1.54, 1.807) is 16.9 Å². The van der Waals surface area contributed by atoms with Crippen LogP contribution in [0.4, 0.5) is 29.1 Å². The molecule has 0 unspecified atom stereocenters. The van der Waals surface area contributed by atoms with Crippen molar-refractivity contribution >= 4 is 80.5 Å². The van der Waals surface area contributed by atoms with Crippen molar-refractivity contribution in [2.75, 3.05) is 22.5 Å². The van der Waals surface area contributed by atoms with Gasteiger partial charge in [-0.25, -0.2) is 31.5 Å². The Labute approximate surface area is 273 Å². The van der Waals surface area contributed by atoms with E-state index in [9.17, 15) is 39.6 Å². The van der Waals surface area contributed by atoms with Crippen LogP contribution in [-0.2, 0) is 32.8 Å². The third-order valence-electron chi connectivity index (χ3n) is 7.14. The first-order chi connectivity index (χ1) is 22.1. The highest BCUT2D eigenvalue weighted by Gasteiger charge is 2.48. The molecule has 244 valence electrons. The first-order valence-electron chi connectivity index (χ1n) is 13.4. The van der Waals surface area contributed by atoms with Crippen molar-refractivity contribution in [3.05, 3.63) is 88.4 Å². The van der Waals surface area contributed by atoms with Gasteiger partial charge in [-0.05, 0) is 53.9 Å². The number of sulfonamides is 1. The van der Waals surface area contributed by atoms with Crippen molar-refractivity contribution in [3.63, 3.8) is 0 Å². The molecule has 4 N–H and O–H groups in total. The van der Waals surface area contributed by atoms with Gasteiger partial charge in [-0.2, -0.15) is 13.2 Å². The predicted octanol–water partition coefficient (Wildman–Crippen LogP) is 4.56. The first kappa shape index (κ1) is 32.4. The van der Waals surface area contributed by atoms with Gasteiger partial charge in [0.25, 0.3) is 31.7 Å². The predicted molar refractivity (Wildman–Crippen MR) is 170 cm³/mol. The summed E-state index contributed by atoms with van der Waals surface area (Å²) >= 11 is 2.39. The van der Waals surface area contributed by atoms with Gasteiger partial charge < -0.3 is 10.6 Å². The Kier molecular flexibility index (Phi) is 8.19. The van der Waals surface area contributed by atoms with E-state index in [1.165, 1.54) is 16.7 Å². The first-order valence-corrected chi connectivity index (χ1v) is 18.1. The number of hydrogen-bond acceptors (Lipinski definition) is 12. The third kappa shape index (κ3) is 6.25. The Hall–Kier alpha value is -4.59. The Morgan fingerprint density at radius 3 is 2.47 bits per heavy atom. The van der Waals surface area contributed by atoms with E-state index in [2.05, 4.69) is 15.3 Å². The molecule has 0 bridgehead atoms. The number of fused-ring (bicyclic) bond motifs is 2.